The molecule has 1 amide bonds. The van der Waals surface area contributed by atoms with Crippen molar-refractivity contribution in [1.82, 2.24) is 19.7 Å². The molecule has 5 heteroatoms. The van der Waals surface area contributed by atoms with Crippen LogP contribution in [-0.2, 0) is 6.54 Å². The van der Waals surface area contributed by atoms with Crippen LogP contribution in [0.1, 0.15) is 41.9 Å². The van der Waals surface area contributed by atoms with Crippen molar-refractivity contribution in [2.75, 3.05) is 13.1 Å². The molecule has 0 spiro atoms. The van der Waals surface area contributed by atoms with Crippen LogP contribution in [0.3, 0.4) is 0 Å². The molecule has 0 radical (unpaired) electrons. The van der Waals surface area contributed by atoms with Crippen LogP contribution in [-0.4, -0.2) is 38.7 Å². The zero-order valence-electron chi connectivity index (χ0n) is 13.7. The highest BCUT2D eigenvalue weighted by Gasteiger charge is 2.19. The first kappa shape index (κ1) is 15.0. The summed E-state index contributed by atoms with van der Waals surface area (Å²) in [4.78, 5) is 14.6. The van der Waals surface area contributed by atoms with Gasteiger partial charge in [0.2, 0.25) is 0 Å². The number of H-pyrrole nitrogens is 1. The van der Waals surface area contributed by atoms with E-state index >= 15 is 0 Å². The van der Waals surface area contributed by atoms with Gasteiger partial charge in [0, 0.05) is 24.8 Å². The average Bonchev–Trinajstić information content (AvgIpc) is 3.14. The van der Waals surface area contributed by atoms with E-state index in [1.54, 1.807) is 0 Å². The van der Waals surface area contributed by atoms with Crippen molar-refractivity contribution in [3.8, 4) is 0 Å². The molecule has 1 saturated heterocycles. The molecule has 0 aliphatic carbocycles. The summed E-state index contributed by atoms with van der Waals surface area (Å²) in [6, 6.07) is 12.3. The number of likely N-dealkylation sites (tertiary alicyclic amines) is 1. The van der Waals surface area contributed by atoms with E-state index in [0.29, 0.717) is 12.2 Å². The van der Waals surface area contributed by atoms with Crippen molar-refractivity contribution in [3.63, 3.8) is 0 Å². The van der Waals surface area contributed by atoms with Crippen molar-refractivity contribution in [2.24, 2.45) is 0 Å². The third-order valence-electron chi connectivity index (χ3n) is 4.76. The number of benzene rings is 1. The number of carbonyl (C=O) groups excluding carboxylic acids is 1. The van der Waals surface area contributed by atoms with E-state index in [9.17, 15) is 4.79 Å². The summed E-state index contributed by atoms with van der Waals surface area (Å²) >= 11 is 0. The van der Waals surface area contributed by atoms with Crippen LogP contribution in [0.2, 0.25) is 0 Å². The Bertz CT molecular complexity index is 840. The summed E-state index contributed by atoms with van der Waals surface area (Å²) in [5, 5.41) is 8.50. The summed E-state index contributed by atoms with van der Waals surface area (Å²) in [7, 11) is 0. The minimum absolute atomic E-state index is 0.0526. The van der Waals surface area contributed by atoms with Gasteiger partial charge >= 0.3 is 0 Å². The zero-order chi connectivity index (χ0) is 16.4. The highest BCUT2D eigenvalue weighted by molar-refractivity contribution is 5.92. The minimum Gasteiger partial charge on any atom is -0.341 e. The van der Waals surface area contributed by atoms with Crippen molar-refractivity contribution >= 4 is 16.8 Å². The molecule has 0 atom stereocenters. The van der Waals surface area contributed by atoms with Gasteiger partial charge in [0.1, 0.15) is 5.69 Å². The van der Waals surface area contributed by atoms with Gasteiger partial charge in [-0.25, -0.2) is 0 Å². The predicted octanol–water partition coefficient (Wildman–Crippen LogP) is 3.43. The SMILES string of the molecule is O=C(c1cc(Cn2ccc3ccccc32)[nH]n1)N1CCCCCC1. The molecule has 1 aliphatic heterocycles. The monoisotopic (exact) mass is 322 g/mol. The fourth-order valence-electron chi connectivity index (χ4n) is 3.45. The molecular formula is C19H22N4O. The number of nitrogens with zero attached hydrogens (tertiary/aromatic N) is 3. The lowest BCUT2D eigenvalue weighted by atomic mass is 10.2. The summed E-state index contributed by atoms with van der Waals surface area (Å²) in [6.07, 6.45) is 6.70. The molecule has 3 heterocycles. The first-order valence-corrected chi connectivity index (χ1v) is 8.69. The Kier molecular flexibility index (Phi) is 4.07. The fourth-order valence-corrected chi connectivity index (χ4v) is 3.45. The maximum absolute atomic E-state index is 12.6. The lowest BCUT2D eigenvalue weighted by Gasteiger charge is -2.18. The van der Waals surface area contributed by atoms with E-state index in [0.717, 1.165) is 31.6 Å². The summed E-state index contributed by atoms with van der Waals surface area (Å²) in [5.41, 5.74) is 2.67. The van der Waals surface area contributed by atoms with E-state index in [1.807, 2.05) is 23.1 Å². The number of para-hydroxylation sites is 1. The average molecular weight is 322 g/mol. The molecule has 1 N–H and O–H groups in total. The zero-order valence-corrected chi connectivity index (χ0v) is 13.7. The first-order chi connectivity index (χ1) is 11.8. The molecule has 0 unspecified atom stereocenters. The topological polar surface area (TPSA) is 53.9 Å². The quantitative estimate of drug-likeness (QED) is 0.803. The van der Waals surface area contributed by atoms with Crippen LogP contribution in [0.25, 0.3) is 10.9 Å². The number of aromatic nitrogens is 3. The highest BCUT2D eigenvalue weighted by Crippen LogP contribution is 2.17. The lowest BCUT2D eigenvalue weighted by Crippen LogP contribution is -2.32. The summed E-state index contributed by atoms with van der Waals surface area (Å²) in [6.45, 7) is 2.39. The number of hydrogen-bond acceptors (Lipinski definition) is 2. The van der Waals surface area contributed by atoms with Gasteiger partial charge < -0.3 is 9.47 Å². The third-order valence-corrected chi connectivity index (χ3v) is 4.76. The number of nitrogens with one attached hydrogen (secondary N) is 1. The van der Waals surface area contributed by atoms with E-state index < -0.39 is 0 Å². The first-order valence-electron chi connectivity index (χ1n) is 8.69. The second-order valence-corrected chi connectivity index (χ2v) is 6.49. The molecule has 5 nitrogen and oxygen atoms in total. The van der Waals surface area contributed by atoms with Gasteiger partial charge in [-0.05, 0) is 36.4 Å². The Balaban J connectivity index is 1.51. The number of carbonyl (C=O) groups is 1. The molecule has 4 rings (SSSR count). The fraction of sp³-hybridized carbons (Fsp3) is 0.368. The Morgan fingerprint density at radius 2 is 1.88 bits per heavy atom. The number of aromatic amines is 1. The molecule has 1 aliphatic rings. The molecule has 1 fully saturated rings. The number of amides is 1. The van der Waals surface area contributed by atoms with Crippen molar-refractivity contribution in [3.05, 3.63) is 54.0 Å². The van der Waals surface area contributed by atoms with Crippen LogP contribution in [0.4, 0.5) is 0 Å². The largest absolute Gasteiger partial charge is 0.341 e. The van der Waals surface area contributed by atoms with Gasteiger partial charge in [-0.15, -0.1) is 0 Å². The molecule has 24 heavy (non-hydrogen) atoms. The second kappa shape index (κ2) is 6.51. The second-order valence-electron chi connectivity index (χ2n) is 6.49. The van der Waals surface area contributed by atoms with Crippen LogP contribution < -0.4 is 0 Å². The van der Waals surface area contributed by atoms with Gasteiger partial charge in [0.05, 0.1) is 12.2 Å². The third kappa shape index (κ3) is 2.94. The Labute approximate surface area is 141 Å². The van der Waals surface area contributed by atoms with Gasteiger partial charge in [0.25, 0.3) is 5.91 Å². The summed E-state index contributed by atoms with van der Waals surface area (Å²) < 4.78 is 2.17. The molecule has 0 saturated carbocycles. The normalized spacial score (nSPS) is 15.6. The number of fused-ring (bicyclic) bond motifs is 1. The molecule has 1 aromatic carbocycles. The van der Waals surface area contributed by atoms with Gasteiger partial charge in [-0.1, -0.05) is 31.0 Å². The van der Waals surface area contributed by atoms with E-state index in [4.69, 9.17) is 0 Å². The maximum Gasteiger partial charge on any atom is 0.274 e. The van der Waals surface area contributed by atoms with Crippen molar-refractivity contribution in [2.45, 2.75) is 32.2 Å². The van der Waals surface area contributed by atoms with Crippen molar-refractivity contribution < 1.29 is 4.79 Å². The molecule has 3 aromatic rings. The number of rotatable bonds is 3. The standard InChI is InChI=1S/C19H22N4O/c24-19(22-10-5-1-2-6-11-22)17-13-16(20-21-17)14-23-12-9-15-7-3-4-8-18(15)23/h3-4,7-9,12-13H,1-2,5-6,10-11,14H2,(H,20,21). The Hall–Kier alpha value is -2.56. The predicted molar refractivity (Wildman–Crippen MR) is 94.0 cm³/mol. The number of hydrogen-bond donors (Lipinski definition) is 1. The maximum atomic E-state index is 12.6. The van der Waals surface area contributed by atoms with Crippen LogP contribution >= 0.6 is 0 Å². The molecule has 124 valence electrons. The van der Waals surface area contributed by atoms with Gasteiger partial charge in [0.15, 0.2) is 0 Å². The molecular weight excluding hydrogens is 300 g/mol. The van der Waals surface area contributed by atoms with Gasteiger partial charge in [-0.3, -0.25) is 9.89 Å². The smallest absolute Gasteiger partial charge is 0.274 e. The lowest BCUT2D eigenvalue weighted by molar-refractivity contribution is 0.0755. The van der Waals surface area contributed by atoms with Gasteiger partial charge in [-0.2, -0.15) is 5.10 Å². The Morgan fingerprint density at radius 3 is 2.71 bits per heavy atom. The van der Waals surface area contributed by atoms with Crippen molar-refractivity contribution in [1.29, 1.82) is 0 Å². The van der Waals surface area contributed by atoms with Crippen LogP contribution in [0.15, 0.2) is 42.6 Å². The highest BCUT2D eigenvalue weighted by atomic mass is 16.2. The van der Waals surface area contributed by atoms with E-state index in [1.165, 1.54) is 23.7 Å². The summed E-state index contributed by atoms with van der Waals surface area (Å²) in [5.74, 6) is 0.0526. The molecule has 2 aromatic heterocycles. The minimum atomic E-state index is 0.0526. The van der Waals surface area contributed by atoms with Crippen LogP contribution in [0.5, 0.6) is 0 Å². The molecule has 0 bridgehead atoms. The Morgan fingerprint density at radius 1 is 1.08 bits per heavy atom. The van der Waals surface area contributed by atoms with Crippen LogP contribution in [0, 0.1) is 0 Å². The van der Waals surface area contributed by atoms with E-state index in [2.05, 4.69) is 39.2 Å². The van der Waals surface area contributed by atoms with E-state index in [-0.39, 0.29) is 5.91 Å².